The minimum absolute atomic E-state index is 0.0945. The van der Waals surface area contributed by atoms with E-state index in [1.165, 1.54) is 0 Å². The molecular formula is C11H16N2O. The van der Waals surface area contributed by atoms with E-state index < -0.39 is 0 Å². The van der Waals surface area contributed by atoms with Gasteiger partial charge in [-0.15, -0.1) is 0 Å². The zero-order valence-electron chi connectivity index (χ0n) is 8.41. The molecule has 0 bridgehead atoms. The Bertz CT molecular complexity index is 269. The Labute approximate surface area is 84.7 Å². The van der Waals surface area contributed by atoms with Gasteiger partial charge in [0.1, 0.15) is 0 Å². The van der Waals surface area contributed by atoms with Gasteiger partial charge in [-0.2, -0.15) is 5.26 Å². The maximum Gasteiger partial charge on any atom is 0.222 e. The van der Waals surface area contributed by atoms with E-state index in [1.807, 2.05) is 4.90 Å². The number of likely N-dealkylation sites (tertiary alicyclic amines) is 1. The number of nitriles is 1. The SMILES string of the molecule is N#CC1CCCC1N1CCCCC1=O. The Morgan fingerprint density at radius 3 is 2.86 bits per heavy atom. The molecule has 14 heavy (non-hydrogen) atoms. The van der Waals surface area contributed by atoms with Gasteiger partial charge in [-0.05, 0) is 32.1 Å². The fourth-order valence-corrected chi connectivity index (χ4v) is 2.64. The van der Waals surface area contributed by atoms with Crippen molar-refractivity contribution in [1.29, 1.82) is 5.26 Å². The molecule has 2 rings (SSSR count). The van der Waals surface area contributed by atoms with E-state index in [9.17, 15) is 4.79 Å². The number of rotatable bonds is 1. The summed E-state index contributed by atoms with van der Waals surface area (Å²) in [5.74, 6) is 0.362. The van der Waals surface area contributed by atoms with Crippen LogP contribution in [0.1, 0.15) is 38.5 Å². The highest BCUT2D eigenvalue weighted by molar-refractivity contribution is 5.77. The van der Waals surface area contributed by atoms with E-state index in [0.29, 0.717) is 6.42 Å². The molecule has 76 valence electrons. The third-order valence-corrected chi connectivity index (χ3v) is 3.41. The van der Waals surface area contributed by atoms with Crippen molar-refractivity contribution in [3.63, 3.8) is 0 Å². The van der Waals surface area contributed by atoms with E-state index in [-0.39, 0.29) is 17.9 Å². The fraction of sp³-hybridized carbons (Fsp3) is 0.818. The smallest absolute Gasteiger partial charge is 0.222 e. The predicted octanol–water partition coefficient (Wildman–Crippen LogP) is 1.69. The number of hydrogen-bond acceptors (Lipinski definition) is 2. The van der Waals surface area contributed by atoms with Crippen molar-refractivity contribution in [2.24, 2.45) is 5.92 Å². The molecule has 0 aromatic rings. The third-order valence-electron chi connectivity index (χ3n) is 3.41. The van der Waals surface area contributed by atoms with Gasteiger partial charge in [0.25, 0.3) is 0 Å². The van der Waals surface area contributed by atoms with Crippen molar-refractivity contribution in [2.45, 2.75) is 44.6 Å². The van der Waals surface area contributed by atoms with Crippen LogP contribution in [-0.4, -0.2) is 23.4 Å². The van der Waals surface area contributed by atoms with Crippen LogP contribution in [0.15, 0.2) is 0 Å². The summed E-state index contributed by atoms with van der Waals surface area (Å²) in [6.45, 7) is 0.877. The van der Waals surface area contributed by atoms with Crippen LogP contribution >= 0.6 is 0 Å². The van der Waals surface area contributed by atoms with Crippen LogP contribution in [0, 0.1) is 17.2 Å². The highest BCUT2D eigenvalue weighted by Gasteiger charge is 2.35. The minimum atomic E-state index is 0.0945. The lowest BCUT2D eigenvalue weighted by Crippen LogP contribution is -2.44. The second kappa shape index (κ2) is 4.00. The minimum Gasteiger partial charge on any atom is -0.338 e. The zero-order chi connectivity index (χ0) is 9.97. The van der Waals surface area contributed by atoms with E-state index >= 15 is 0 Å². The maximum atomic E-state index is 11.7. The third kappa shape index (κ3) is 1.61. The Morgan fingerprint density at radius 2 is 2.14 bits per heavy atom. The van der Waals surface area contributed by atoms with Gasteiger partial charge < -0.3 is 4.90 Å². The quantitative estimate of drug-likeness (QED) is 0.634. The highest BCUT2D eigenvalue weighted by atomic mass is 16.2. The van der Waals surface area contributed by atoms with Crippen molar-refractivity contribution in [2.75, 3.05) is 6.54 Å². The van der Waals surface area contributed by atoms with Gasteiger partial charge >= 0.3 is 0 Å². The molecule has 1 saturated carbocycles. The maximum absolute atomic E-state index is 11.7. The van der Waals surface area contributed by atoms with Crippen molar-refractivity contribution in [3.8, 4) is 6.07 Å². The second-order valence-electron chi connectivity index (χ2n) is 4.28. The molecule has 1 heterocycles. The van der Waals surface area contributed by atoms with Gasteiger partial charge in [-0.3, -0.25) is 4.79 Å². The van der Waals surface area contributed by atoms with E-state index in [0.717, 1.165) is 38.6 Å². The molecule has 3 heteroatoms. The average Bonchev–Trinajstić information content (AvgIpc) is 2.66. The Morgan fingerprint density at radius 1 is 1.29 bits per heavy atom. The summed E-state index contributed by atoms with van der Waals surface area (Å²) in [6.07, 6.45) is 5.94. The number of amides is 1. The number of nitrogens with zero attached hydrogens (tertiary/aromatic N) is 2. The molecule has 2 atom stereocenters. The van der Waals surface area contributed by atoms with Crippen LogP contribution in [0.5, 0.6) is 0 Å². The summed E-state index contributed by atoms with van der Waals surface area (Å²) in [4.78, 5) is 13.6. The van der Waals surface area contributed by atoms with Crippen molar-refractivity contribution in [1.82, 2.24) is 4.90 Å². The van der Waals surface area contributed by atoms with Gasteiger partial charge in [-0.25, -0.2) is 0 Å². The standard InChI is InChI=1S/C11H16N2O/c12-8-9-4-3-5-10(9)13-7-2-1-6-11(13)14/h9-10H,1-7H2. The Hall–Kier alpha value is -1.04. The van der Waals surface area contributed by atoms with Crippen LogP contribution in [-0.2, 0) is 4.79 Å². The largest absolute Gasteiger partial charge is 0.338 e. The normalized spacial score (nSPS) is 33.1. The first-order valence-corrected chi connectivity index (χ1v) is 5.52. The number of carbonyl (C=O) groups is 1. The molecule has 1 aliphatic carbocycles. The summed E-state index contributed by atoms with van der Waals surface area (Å²) < 4.78 is 0. The molecule has 2 aliphatic rings. The summed E-state index contributed by atoms with van der Waals surface area (Å²) in [6, 6.07) is 2.57. The summed E-state index contributed by atoms with van der Waals surface area (Å²) >= 11 is 0. The van der Waals surface area contributed by atoms with E-state index in [2.05, 4.69) is 6.07 Å². The lowest BCUT2D eigenvalue weighted by atomic mass is 10.0. The molecular weight excluding hydrogens is 176 g/mol. The number of piperidine rings is 1. The monoisotopic (exact) mass is 192 g/mol. The molecule has 0 N–H and O–H groups in total. The van der Waals surface area contributed by atoms with E-state index in [4.69, 9.17) is 5.26 Å². The molecule has 0 radical (unpaired) electrons. The average molecular weight is 192 g/mol. The molecule has 1 saturated heterocycles. The predicted molar refractivity (Wildman–Crippen MR) is 52.3 cm³/mol. The van der Waals surface area contributed by atoms with Gasteiger partial charge in [0, 0.05) is 19.0 Å². The molecule has 1 amide bonds. The van der Waals surface area contributed by atoms with Crippen LogP contribution in [0.25, 0.3) is 0 Å². The Balaban J connectivity index is 2.06. The van der Waals surface area contributed by atoms with Crippen molar-refractivity contribution in [3.05, 3.63) is 0 Å². The van der Waals surface area contributed by atoms with Gasteiger partial charge in [0.05, 0.1) is 12.0 Å². The zero-order valence-corrected chi connectivity index (χ0v) is 8.41. The summed E-state index contributed by atoms with van der Waals surface area (Å²) in [5.41, 5.74) is 0. The van der Waals surface area contributed by atoms with Crippen LogP contribution in [0.2, 0.25) is 0 Å². The summed E-state index contributed by atoms with van der Waals surface area (Å²) in [7, 11) is 0. The van der Waals surface area contributed by atoms with Crippen molar-refractivity contribution < 1.29 is 4.79 Å². The number of carbonyl (C=O) groups excluding carboxylic acids is 1. The molecule has 2 unspecified atom stereocenters. The van der Waals surface area contributed by atoms with Crippen LogP contribution < -0.4 is 0 Å². The van der Waals surface area contributed by atoms with E-state index in [1.54, 1.807) is 0 Å². The molecule has 0 spiro atoms. The fourth-order valence-electron chi connectivity index (χ4n) is 2.64. The first-order valence-electron chi connectivity index (χ1n) is 5.52. The first kappa shape index (κ1) is 9.51. The van der Waals surface area contributed by atoms with Gasteiger partial charge in [0.2, 0.25) is 5.91 Å². The van der Waals surface area contributed by atoms with Gasteiger partial charge in [0.15, 0.2) is 0 Å². The molecule has 2 fully saturated rings. The Kier molecular flexibility index (Phi) is 2.72. The first-order chi connectivity index (χ1) is 6.83. The molecule has 0 aromatic carbocycles. The van der Waals surface area contributed by atoms with Crippen LogP contribution in [0.3, 0.4) is 0 Å². The number of hydrogen-bond donors (Lipinski definition) is 0. The van der Waals surface area contributed by atoms with Crippen LogP contribution in [0.4, 0.5) is 0 Å². The molecule has 1 aliphatic heterocycles. The highest BCUT2D eigenvalue weighted by Crippen LogP contribution is 2.31. The van der Waals surface area contributed by atoms with Gasteiger partial charge in [-0.1, -0.05) is 0 Å². The topological polar surface area (TPSA) is 44.1 Å². The lowest BCUT2D eigenvalue weighted by molar-refractivity contribution is -0.136. The second-order valence-corrected chi connectivity index (χ2v) is 4.28. The molecule has 0 aromatic heterocycles. The van der Waals surface area contributed by atoms with Crippen molar-refractivity contribution >= 4 is 5.91 Å². The summed E-state index contributed by atoms with van der Waals surface area (Å²) in [5, 5.41) is 8.97. The lowest BCUT2D eigenvalue weighted by Gasteiger charge is -2.33. The molecule has 3 nitrogen and oxygen atoms in total.